The normalized spacial score (nSPS) is 11.3. The molecule has 0 aliphatic heterocycles. The van der Waals surface area contributed by atoms with Gasteiger partial charge >= 0.3 is 6.18 Å². The van der Waals surface area contributed by atoms with Gasteiger partial charge in [-0.05, 0) is 28.1 Å². The van der Waals surface area contributed by atoms with E-state index in [4.69, 9.17) is 0 Å². The van der Waals surface area contributed by atoms with Crippen molar-refractivity contribution in [3.63, 3.8) is 0 Å². The summed E-state index contributed by atoms with van der Waals surface area (Å²) in [6.07, 6.45) is -0.0837. The molecule has 0 bridgehead atoms. The van der Waals surface area contributed by atoms with Crippen molar-refractivity contribution in [2.24, 2.45) is 0 Å². The van der Waals surface area contributed by atoms with Crippen LogP contribution in [0.3, 0.4) is 0 Å². The summed E-state index contributed by atoms with van der Waals surface area (Å²) < 4.78 is 40.5. The Bertz CT molecular complexity index is 868. The number of pyridine rings is 1. The molecule has 0 fully saturated rings. The van der Waals surface area contributed by atoms with E-state index < -0.39 is 17.4 Å². The molecule has 0 radical (unpaired) electrons. The van der Waals surface area contributed by atoms with Gasteiger partial charge in [0.15, 0.2) is 11.5 Å². The minimum Gasteiger partial charge on any atom is -0.299 e. The Hall–Kier alpha value is -2.07. The third-order valence-corrected chi connectivity index (χ3v) is 3.31. The quantitative estimate of drug-likeness (QED) is 0.706. The number of hydrogen-bond donors (Lipinski definition) is 1. The van der Waals surface area contributed by atoms with Crippen LogP contribution in [0.25, 0.3) is 11.5 Å². The lowest BCUT2D eigenvalue weighted by Crippen LogP contribution is -2.18. The van der Waals surface area contributed by atoms with E-state index in [2.05, 4.69) is 31.0 Å². The monoisotopic (exact) mass is 409 g/mol. The Labute approximate surface area is 141 Å². The lowest BCUT2D eigenvalue weighted by molar-refractivity contribution is -0.140. The molecular weight excluding hydrogens is 403 g/mol. The van der Waals surface area contributed by atoms with Crippen molar-refractivity contribution in [3.05, 3.63) is 57.6 Å². The van der Waals surface area contributed by atoms with Gasteiger partial charge in [0.25, 0.3) is 5.56 Å². The zero-order valence-electron chi connectivity index (χ0n) is 11.1. The molecule has 0 aromatic carbocycles. The zero-order valence-corrected chi connectivity index (χ0v) is 13.5. The van der Waals surface area contributed by atoms with Crippen LogP contribution in [0.2, 0.25) is 0 Å². The highest BCUT2D eigenvalue weighted by atomic mass is 79.9. The molecular formula is C12H8BrClF3N5O. The fourth-order valence-electron chi connectivity index (χ4n) is 1.82. The number of H-pyrrole nitrogens is 1. The third-order valence-electron chi connectivity index (χ3n) is 2.84. The molecule has 3 rings (SSSR count). The number of imidazole rings is 1. The largest absolute Gasteiger partial charge is 0.434 e. The van der Waals surface area contributed by atoms with Gasteiger partial charge in [0.05, 0.1) is 0 Å². The summed E-state index contributed by atoms with van der Waals surface area (Å²) in [5, 5.41) is 2.65. The molecule has 23 heavy (non-hydrogen) atoms. The summed E-state index contributed by atoms with van der Waals surface area (Å²) in [6, 6.07) is 3.27. The smallest absolute Gasteiger partial charge is 0.299 e. The van der Waals surface area contributed by atoms with Crippen molar-refractivity contribution in [2.45, 2.75) is 6.18 Å². The van der Waals surface area contributed by atoms with Crippen molar-refractivity contribution in [1.29, 1.82) is 0 Å². The Morgan fingerprint density at radius 1 is 1.22 bits per heavy atom. The van der Waals surface area contributed by atoms with Crippen molar-refractivity contribution in [2.75, 3.05) is 0 Å². The summed E-state index contributed by atoms with van der Waals surface area (Å²) >= 11 is 3.22. The van der Waals surface area contributed by atoms with Crippen LogP contribution >= 0.6 is 28.3 Å². The van der Waals surface area contributed by atoms with Gasteiger partial charge in [0, 0.05) is 23.1 Å². The van der Waals surface area contributed by atoms with E-state index in [0.717, 1.165) is 26.2 Å². The van der Waals surface area contributed by atoms with Crippen LogP contribution in [0.4, 0.5) is 13.2 Å². The molecule has 0 amide bonds. The number of aromatic nitrogens is 5. The minimum atomic E-state index is -4.56. The maximum absolute atomic E-state index is 12.5. The van der Waals surface area contributed by atoms with Gasteiger partial charge < -0.3 is 0 Å². The topological polar surface area (TPSA) is 68.5 Å². The Morgan fingerprint density at radius 3 is 2.52 bits per heavy atom. The first kappa shape index (κ1) is 17.3. The second kappa shape index (κ2) is 6.20. The van der Waals surface area contributed by atoms with E-state index in [1.165, 1.54) is 12.4 Å². The molecule has 1 N–H and O–H groups in total. The van der Waals surface area contributed by atoms with Crippen molar-refractivity contribution >= 4 is 28.3 Å². The predicted octanol–water partition coefficient (Wildman–Crippen LogP) is 2.95. The second-order valence-electron chi connectivity index (χ2n) is 4.30. The fourth-order valence-corrected chi connectivity index (χ4v) is 2.05. The molecule has 0 spiro atoms. The first-order valence-electron chi connectivity index (χ1n) is 5.90. The van der Waals surface area contributed by atoms with Crippen molar-refractivity contribution in [1.82, 2.24) is 24.3 Å². The molecule has 0 aliphatic rings. The zero-order chi connectivity index (χ0) is 15.9. The van der Waals surface area contributed by atoms with Crippen LogP contribution in [-0.2, 0) is 6.18 Å². The van der Waals surface area contributed by atoms with E-state index in [-0.39, 0.29) is 18.1 Å². The average molecular weight is 411 g/mol. The maximum Gasteiger partial charge on any atom is 0.434 e. The Morgan fingerprint density at radius 2 is 1.96 bits per heavy atom. The number of nitrogens with one attached hydrogen (secondary N) is 1. The van der Waals surface area contributed by atoms with Gasteiger partial charge in [-0.15, -0.1) is 12.4 Å². The lowest BCUT2D eigenvalue weighted by Gasteiger charge is -2.00. The van der Waals surface area contributed by atoms with Crippen molar-refractivity contribution < 1.29 is 13.2 Å². The number of halogens is 5. The summed E-state index contributed by atoms with van der Waals surface area (Å²) in [7, 11) is 0. The summed E-state index contributed by atoms with van der Waals surface area (Å²) in [4.78, 5) is 19.6. The molecule has 11 heteroatoms. The van der Waals surface area contributed by atoms with Crippen LogP contribution in [0.15, 0.2) is 46.3 Å². The van der Waals surface area contributed by atoms with Crippen LogP contribution in [0, 0.1) is 0 Å². The van der Waals surface area contributed by atoms with E-state index in [1.807, 2.05) is 0 Å². The van der Waals surface area contributed by atoms with Gasteiger partial charge in [-0.3, -0.25) is 14.5 Å². The van der Waals surface area contributed by atoms with E-state index >= 15 is 0 Å². The van der Waals surface area contributed by atoms with E-state index in [9.17, 15) is 18.0 Å². The molecule has 0 aliphatic carbocycles. The summed E-state index contributed by atoms with van der Waals surface area (Å²) in [6.45, 7) is 0. The number of alkyl halides is 3. The fraction of sp³-hybridized carbons (Fsp3) is 0.0833. The van der Waals surface area contributed by atoms with Crippen LogP contribution < -0.4 is 5.56 Å². The number of rotatable bonds is 2. The van der Waals surface area contributed by atoms with E-state index in [1.54, 1.807) is 12.1 Å². The highest BCUT2D eigenvalue weighted by Crippen LogP contribution is 2.27. The van der Waals surface area contributed by atoms with Gasteiger partial charge in [0.1, 0.15) is 12.0 Å². The van der Waals surface area contributed by atoms with Gasteiger partial charge in [-0.25, -0.2) is 9.97 Å². The van der Waals surface area contributed by atoms with Gasteiger partial charge in [-0.2, -0.15) is 17.9 Å². The average Bonchev–Trinajstić information content (AvgIpc) is 3.06. The molecule has 0 atom stereocenters. The number of nitrogens with zero attached hydrogens (tertiary/aromatic N) is 4. The number of aromatic amines is 1. The lowest BCUT2D eigenvalue weighted by atomic mass is 10.4. The maximum atomic E-state index is 12.5. The molecule has 3 heterocycles. The van der Waals surface area contributed by atoms with Gasteiger partial charge in [0.2, 0.25) is 0 Å². The van der Waals surface area contributed by atoms with E-state index in [0.29, 0.717) is 5.82 Å². The molecule has 122 valence electrons. The highest BCUT2D eigenvalue weighted by Gasteiger charge is 2.33. The summed E-state index contributed by atoms with van der Waals surface area (Å²) in [5.41, 5.74) is -1.60. The predicted molar refractivity (Wildman–Crippen MR) is 81.3 cm³/mol. The molecule has 3 aromatic rings. The second-order valence-corrected chi connectivity index (χ2v) is 5.21. The summed E-state index contributed by atoms with van der Waals surface area (Å²) in [5.74, 6) is 0.315. The highest BCUT2D eigenvalue weighted by molar-refractivity contribution is 9.10. The van der Waals surface area contributed by atoms with Gasteiger partial charge in [-0.1, -0.05) is 0 Å². The first-order valence-corrected chi connectivity index (χ1v) is 6.69. The third kappa shape index (κ3) is 3.32. The first-order chi connectivity index (χ1) is 10.4. The van der Waals surface area contributed by atoms with Crippen LogP contribution in [0.5, 0.6) is 0 Å². The molecule has 3 aromatic heterocycles. The Kier molecular flexibility index (Phi) is 4.66. The minimum absolute atomic E-state index is 0. The standard InChI is InChI=1S/C12H7BrF3N5O.ClH/c13-7-1-2-10(17-3-7)21-11(22)8(4-19-21)20-5-9(18-6-20)12(14,15)16;/h1-6,19H;1H. The Balaban J connectivity index is 0.00000192. The molecule has 6 nitrogen and oxygen atoms in total. The van der Waals surface area contributed by atoms with Crippen LogP contribution in [-0.4, -0.2) is 24.3 Å². The SMILES string of the molecule is Cl.O=c1c(-n2cnc(C(F)(F)F)c2)c[nH]n1-c1ccc(Br)cn1. The number of hydrogen-bond acceptors (Lipinski definition) is 3. The molecule has 0 saturated heterocycles. The molecule has 0 unspecified atom stereocenters. The van der Waals surface area contributed by atoms with Crippen molar-refractivity contribution in [3.8, 4) is 11.5 Å². The molecule has 0 saturated carbocycles. The van der Waals surface area contributed by atoms with Crippen LogP contribution in [0.1, 0.15) is 5.69 Å².